The first-order valence-corrected chi connectivity index (χ1v) is 8.46. The normalized spacial score (nSPS) is 18.4. The molecule has 1 unspecified atom stereocenters. The van der Waals surface area contributed by atoms with Crippen LogP contribution in [0, 0.1) is 0 Å². The van der Waals surface area contributed by atoms with Gasteiger partial charge in [-0.15, -0.1) is 11.3 Å². The Morgan fingerprint density at radius 2 is 2.10 bits per heavy atom. The third kappa shape index (κ3) is 3.73. The summed E-state index contributed by atoms with van der Waals surface area (Å²) in [7, 11) is 0. The summed E-state index contributed by atoms with van der Waals surface area (Å²) in [5.41, 5.74) is 6.10. The second kappa shape index (κ2) is 7.64. The van der Waals surface area contributed by atoms with E-state index in [1.54, 1.807) is 0 Å². The number of rotatable bonds is 6. The van der Waals surface area contributed by atoms with Crippen LogP contribution in [0.15, 0.2) is 22.5 Å². The fraction of sp³-hybridized carbons (Fsp3) is 0.667. The molecule has 2 heterocycles. The van der Waals surface area contributed by atoms with E-state index in [-0.39, 0.29) is 0 Å². The van der Waals surface area contributed by atoms with Crippen LogP contribution in [0.4, 0.5) is 0 Å². The van der Waals surface area contributed by atoms with Crippen LogP contribution >= 0.6 is 11.3 Å². The van der Waals surface area contributed by atoms with Crippen LogP contribution in [0.2, 0.25) is 0 Å². The Morgan fingerprint density at radius 3 is 2.65 bits per heavy atom. The van der Waals surface area contributed by atoms with Crippen LogP contribution in [0.1, 0.15) is 37.6 Å². The second-order valence-corrected chi connectivity index (χ2v) is 6.12. The minimum Gasteiger partial charge on any atom is -0.370 e. The summed E-state index contributed by atoms with van der Waals surface area (Å²) in [5, 5.41) is 2.15. The Balaban J connectivity index is 2.06. The molecular formula is C15H26N4S. The van der Waals surface area contributed by atoms with Gasteiger partial charge >= 0.3 is 0 Å². The quantitative estimate of drug-likeness (QED) is 0.648. The second-order valence-electron chi connectivity index (χ2n) is 5.15. The van der Waals surface area contributed by atoms with Gasteiger partial charge in [0.2, 0.25) is 0 Å². The van der Waals surface area contributed by atoms with Gasteiger partial charge in [-0.05, 0) is 51.2 Å². The number of nitrogens with zero attached hydrogens (tertiary/aromatic N) is 3. The van der Waals surface area contributed by atoms with Gasteiger partial charge in [0, 0.05) is 18.0 Å². The maximum Gasteiger partial charge on any atom is 0.191 e. The maximum absolute atomic E-state index is 6.10. The number of guanidine groups is 1. The molecule has 1 aliphatic rings. The third-order valence-corrected chi connectivity index (χ3v) is 4.94. The molecule has 1 aromatic rings. The van der Waals surface area contributed by atoms with Crippen LogP contribution in [-0.2, 0) is 0 Å². The zero-order chi connectivity index (χ0) is 14.4. The minimum atomic E-state index is 0.395. The molecule has 0 aromatic carbocycles. The van der Waals surface area contributed by atoms with Crippen LogP contribution in [0.5, 0.6) is 0 Å². The molecule has 0 aliphatic carbocycles. The van der Waals surface area contributed by atoms with Gasteiger partial charge in [0.25, 0.3) is 0 Å². The molecule has 1 atom stereocenters. The molecule has 1 aromatic heterocycles. The van der Waals surface area contributed by atoms with E-state index >= 15 is 0 Å². The fourth-order valence-electron chi connectivity index (χ4n) is 2.75. The lowest BCUT2D eigenvalue weighted by Crippen LogP contribution is -2.38. The zero-order valence-corrected chi connectivity index (χ0v) is 13.4. The van der Waals surface area contributed by atoms with Crippen molar-refractivity contribution in [1.82, 2.24) is 9.80 Å². The van der Waals surface area contributed by atoms with E-state index in [1.165, 1.54) is 30.8 Å². The number of likely N-dealkylation sites (tertiary alicyclic amines) is 1. The highest BCUT2D eigenvalue weighted by Gasteiger charge is 2.24. The monoisotopic (exact) mass is 294 g/mol. The highest BCUT2D eigenvalue weighted by molar-refractivity contribution is 7.10. The number of hydrogen-bond donors (Lipinski definition) is 1. The van der Waals surface area contributed by atoms with Crippen LogP contribution in [0.3, 0.4) is 0 Å². The summed E-state index contributed by atoms with van der Waals surface area (Å²) < 4.78 is 0. The van der Waals surface area contributed by atoms with E-state index in [4.69, 9.17) is 5.73 Å². The van der Waals surface area contributed by atoms with Crippen LogP contribution < -0.4 is 5.73 Å². The average molecular weight is 294 g/mol. The van der Waals surface area contributed by atoms with Crippen molar-refractivity contribution in [1.29, 1.82) is 0 Å². The summed E-state index contributed by atoms with van der Waals surface area (Å²) >= 11 is 1.82. The van der Waals surface area contributed by atoms with Gasteiger partial charge < -0.3 is 10.6 Å². The van der Waals surface area contributed by atoms with Crippen LogP contribution in [-0.4, -0.2) is 48.5 Å². The third-order valence-electron chi connectivity index (χ3n) is 3.97. The Labute approximate surface area is 126 Å². The fourth-order valence-corrected chi connectivity index (χ4v) is 3.60. The minimum absolute atomic E-state index is 0.395. The van der Waals surface area contributed by atoms with Crippen molar-refractivity contribution in [2.24, 2.45) is 10.7 Å². The Hall–Kier alpha value is -1.07. The van der Waals surface area contributed by atoms with Crippen molar-refractivity contribution in [3.8, 4) is 0 Å². The highest BCUT2D eigenvalue weighted by Crippen LogP contribution is 2.28. The lowest BCUT2D eigenvalue weighted by Gasteiger charge is -2.26. The van der Waals surface area contributed by atoms with Crippen LogP contribution in [0.25, 0.3) is 0 Å². The van der Waals surface area contributed by atoms with E-state index < -0.39 is 0 Å². The van der Waals surface area contributed by atoms with Gasteiger partial charge in [0.1, 0.15) is 0 Å². The van der Waals surface area contributed by atoms with E-state index in [0.717, 1.165) is 19.6 Å². The predicted octanol–water partition coefficient (Wildman–Crippen LogP) is 2.54. The SMILES string of the molecule is CCN(CC)C(N)=NCC(c1cccs1)N1CCCC1. The molecule has 1 aliphatic heterocycles. The molecule has 1 saturated heterocycles. The highest BCUT2D eigenvalue weighted by atomic mass is 32.1. The first kappa shape index (κ1) is 15.3. The summed E-state index contributed by atoms with van der Waals surface area (Å²) in [6, 6.07) is 4.74. The van der Waals surface area contributed by atoms with Crippen molar-refractivity contribution < 1.29 is 0 Å². The molecule has 0 radical (unpaired) electrons. The molecule has 4 nitrogen and oxygen atoms in total. The Morgan fingerprint density at radius 1 is 1.40 bits per heavy atom. The molecule has 2 N–H and O–H groups in total. The molecule has 0 saturated carbocycles. The number of hydrogen-bond acceptors (Lipinski definition) is 3. The molecule has 112 valence electrons. The number of thiophene rings is 1. The zero-order valence-electron chi connectivity index (χ0n) is 12.6. The van der Waals surface area contributed by atoms with Gasteiger partial charge in [0.05, 0.1) is 12.6 Å². The maximum atomic E-state index is 6.10. The smallest absolute Gasteiger partial charge is 0.191 e. The van der Waals surface area contributed by atoms with E-state index in [1.807, 2.05) is 11.3 Å². The standard InChI is InChI=1S/C15H26N4S/c1-3-18(4-2)15(16)17-12-13(14-8-7-11-20-14)19-9-5-6-10-19/h7-8,11,13H,3-6,9-10,12H2,1-2H3,(H2,16,17). The Bertz CT molecular complexity index is 406. The molecule has 1 fully saturated rings. The molecule has 20 heavy (non-hydrogen) atoms. The van der Waals surface area contributed by atoms with Crippen molar-refractivity contribution in [2.45, 2.75) is 32.7 Å². The van der Waals surface area contributed by atoms with Crippen molar-refractivity contribution >= 4 is 17.3 Å². The Kier molecular flexibility index (Phi) is 5.86. The molecule has 0 spiro atoms. The van der Waals surface area contributed by atoms with E-state index in [2.05, 4.69) is 46.2 Å². The summed E-state index contributed by atoms with van der Waals surface area (Å²) in [6.45, 7) is 9.19. The summed E-state index contributed by atoms with van der Waals surface area (Å²) in [4.78, 5) is 10.7. The van der Waals surface area contributed by atoms with Crippen molar-refractivity contribution in [3.05, 3.63) is 22.4 Å². The number of aliphatic imine (C=N–C) groups is 1. The first-order chi connectivity index (χ1) is 9.76. The molecular weight excluding hydrogens is 268 g/mol. The van der Waals surface area contributed by atoms with Gasteiger partial charge in [0.15, 0.2) is 5.96 Å². The molecule has 0 amide bonds. The van der Waals surface area contributed by atoms with E-state index in [9.17, 15) is 0 Å². The predicted molar refractivity (Wildman–Crippen MR) is 87.3 cm³/mol. The van der Waals surface area contributed by atoms with Crippen molar-refractivity contribution in [2.75, 3.05) is 32.7 Å². The first-order valence-electron chi connectivity index (χ1n) is 7.58. The lowest BCUT2D eigenvalue weighted by molar-refractivity contribution is 0.254. The van der Waals surface area contributed by atoms with Gasteiger partial charge in [-0.3, -0.25) is 9.89 Å². The van der Waals surface area contributed by atoms with Crippen molar-refractivity contribution in [3.63, 3.8) is 0 Å². The molecule has 0 bridgehead atoms. The molecule has 5 heteroatoms. The van der Waals surface area contributed by atoms with Gasteiger partial charge in [-0.2, -0.15) is 0 Å². The summed E-state index contributed by atoms with van der Waals surface area (Å²) in [6.07, 6.45) is 2.61. The van der Waals surface area contributed by atoms with Gasteiger partial charge in [-0.25, -0.2) is 0 Å². The topological polar surface area (TPSA) is 44.9 Å². The molecule has 2 rings (SSSR count). The van der Waals surface area contributed by atoms with Gasteiger partial charge in [-0.1, -0.05) is 6.07 Å². The lowest BCUT2D eigenvalue weighted by atomic mass is 10.2. The van der Waals surface area contributed by atoms with E-state index in [0.29, 0.717) is 12.0 Å². The average Bonchev–Trinajstić information content (AvgIpc) is 3.13. The largest absolute Gasteiger partial charge is 0.370 e. The number of nitrogens with two attached hydrogens (primary N) is 1. The summed E-state index contributed by atoms with van der Waals surface area (Å²) in [5.74, 6) is 0.677.